The van der Waals surface area contributed by atoms with E-state index in [1.54, 1.807) is 6.26 Å². The lowest BCUT2D eigenvalue weighted by atomic mass is 9.98. The molecule has 1 aliphatic heterocycles. The normalized spacial score (nSPS) is 24.8. The first-order valence-electron chi connectivity index (χ1n) is 5.58. The number of hydrogen-bond acceptors (Lipinski definition) is 3. The number of carbonyl (C=O) groups excluding carboxylic acids is 1. The van der Waals surface area contributed by atoms with E-state index in [1.807, 2.05) is 30.9 Å². The molecule has 1 unspecified atom stereocenters. The van der Waals surface area contributed by atoms with Gasteiger partial charge in [-0.2, -0.15) is 0 Å². The lowest BCUT2D eigenvalue weighted by molar-refractivity contribution is -0.142. The molecule has 4 nitrogen and oxygen atoms in total. The maximum absolute atomic E-state index is 12.1. The smallest absolute Gasteiger partial charge is 0.242 e. The van der Waals surface area contributed by atoms with Crippen LogP contribution in [0.4, 0.5) is 0 Å². The molecule has 0 radical (unpaired) electrons. The standard InChI is InChI=1S/C12H18N2O2/c1-9-7-14(8-10-5-4-6-16-10)11(15)12(2,3)13-9/h4-6,9,13H,7-8H2,1-3H3. The van der Waals surface area contributed by atoms with Crippen molar-refractivity contribution in [3.63, 3.8) is 0 Å². The Hall–Kier alpha value is -1.29. The zero-order valence-corrected chi connectivity index (χ0v) is 9.99. The Morgan fingerprint density at radius 3 is 3.00 bits per heavy atom. The molecule has 1 aliphatic rings. The summed E-state index contributed by atoms with van der Waals surface area (Å²) in [6, 6.07) is 4.05. The molecule has 1 saturated heterocycles. The van der Waals surface area contributed by atoms with E-state index in [1.165, 1.54) is 0 Å². The largest absolute Gasteiger partial charge is 0.467 e. The molecule has 16 heavy (non-hydrogen) atoms. The highest BCUT2D eigenvalue weighted by Crippen LogP contribution is 2.18. The monoisotopic (exact) mass is 222 g/mol. The Bertz CT molecular complexity index is 370. The number of furan rings is 1. The quantitative estimate of drug-likeness (QED) is 0.822. The molecule has 0 aromatic carbocycles. The molecule has 2 rings (SSSR count). The number of nitrogens with one attached hydrogen (secondary N) is 1. The van der Waals surface area contributed by atoms with Crippen LogP contribution in [0, 0.1) is 0 Å². The summed E-state index contributed by atoms with van der Waals surface area (Å²) in [6.07, 6.45) is 1.64. The molecule has 1 amide bonds. The summed E-state index contributed by atoms with van der Waals surface area (Å²) in [5.41, 5.74) is -0.482. The van der Waals surface area contributed by atoms with Crippen molar-refractivity contribution in [3.8, 4) is 0 Å². The van der Waals surface area contributed by atoms with Crippen molar-refractivity contribution < 1.29 is 9.21 Å². The van der Waals surface area contributed by atoms with Gasteiger partial charge in [-0.3, -0.25) is 10.1 Å². The maximum atomic E-state index is 12.1. The van der Waals surface area contributed by atoms with Gasteiger partial charge in [0.05, 0.1) is 18.3 Å². The number of rotatable bonds is 2. The molecular weight excluding hydrogens is 204 g/mol. The van der Waals surface area contributed by atoms with Gasteiger partial charge in [0.1, 0.15) is 5.76 Å². The van der Waals surface area contributed by atoms with Gasteiger partial charge in [0, 0.05) is 12.6 Å². The molecule has 1 aromatic rings. The highest BCUT2D eigenvalue weighted by atomic mass is 16.3. The van der Waals surface area contributed by atoms with E-state index < -0.39 is 5.54 Å². The van der Waals surface area contributed by atoms with Crippen LogP contribution in [0.15, 0.2) is 22.8 Å². The Morgan fingerprint density at radius 1 is 1.62 bits per heavy atom. The number of carbonyl (C=O) groups is 1. The minimum Gasteiger partial charge on any atom is -0.467 e. The molecule has 0 saturated carbocycles. The first-order valence-corrected chi connectivity index (χ1v) is 5.58. The molecule has 1 aromatic heterocycles. The molecule has 4 heteroatoms. The van der Waals surface area contributed by atoms with Crippen LogP contribution in [0.5, 0.6) is 0 Å². The molecule has 0 bridgehead atoms. The van der Waals surface area contributed by atoms with Crippen LogP contribution in [0.25, 0.3) is 0 Å². The van der Waals surface area contributed by atoms with Crippen LogP contribution >= 0.6 is 0 Å². The summed E-state index contributed by atoms with van der Waals surface area (Å²) in [5, 5.41) is 3.29. The predicted molar refractivity (Wildman–Crippen MR) is 60.8 cm³/mol. The molecule has 0 aliphatic carbocycles. The van der Waals surface area contributed by atoms with Crippen LogP contribution in [0.1, 0.15) is 26.5 Å². The SMILES string of the molecule is CC1CN(Cc2ccco2)C(=O)C(C)(C)N1. The summed E-state index contributed by atoms with van der Waals surface area (Å²) in [6.45, 7) is 7.20. The van der Waals surface area contributed by atoms with Gasteiger partial charge in [-0.05, 0) is 32.9 Å². The minimum absolute atomic E-state index is 0.127. The average Bonchev–Trinajstić information content (AvgIpc) is 2.65. The fourth-order valence-electron chi connectivity index (χ4n) is 2.26. The van der Waals surface area contributed by atoms with E-state index in [2.05, 4.69) is 12.2 Å². The lowest BCUT2D eigenvalue weighted by Crippen LogP contribution is -2.64. The minimum atomic E-state index is -0.482. The third-order valence-corrected chi connectivity index (χ3v) is 2.85. The molecular formula is C12H18N2O2. The summed E-state index contributed by atoms with van der Waals surface area (Å²) in [4.78, 5) is 14.0. The second-order valence-corrected chi connectivity index (χ2v) is 4.94. The molecule has 88 valence electrons. The van der Waals surface area contributed by atoms with Crippen LogP contribution in [0.2, 0.25) is 0 Å². The number of piperazine rings is 1. The summed E-state index contributed by atoms with van der Waals surface area (Å²) in [5.74, 6) is 0.959. The fraction of sp³-hybridized carbons (Fsp3) is 0.583. The Balaban J connectivity index is 2.11. The van der Waals surface area contributed by atoms with E-state index in [4.69, 9.17) is 4.42 Å². The van der Waals surface area contributed by atoms with Gasteiger partial charge >= 0.3 is 0 Å². The number of amides is 1. The predicted octanol–water partition coefficient (Wildman–Crippen LogP) is 1.38. The summed E-state index contributed by atoms with van der Waals surface area (Å²) in [7, 11) is 0. The number of nitrogens with zero attached hydrogens (tertiary/aromatic N) is 1. The first kappa shape index (κ1) is 11.2. The van der Waals surface area contributed by atoms with Gasteiger partial charge in [-0.1, -0.05) is 0 Å². The fourth-order valence-corrected chi connectivity index (χ4v) is 2.26. The van der Waals surface area contributed by atoms with E-state index in [-0.39, 0.29) is 5.91 Å². The zero-order chi connectivity index (χ0) is 11.8. The van der Waals surface area contributed by atoms with Crippen LogP contribution in [0.3, 0.4) is 0 Å². The lowest BCUT2D eigenvalue weighted by Gasteiger charge is -2.41. The first-order chi connectivity index (χ1) is 7.49. The van der Waals surface area contributed by atoms with E-state index in [9.17, 15) is 4.79 Å². The van der Waals surface area contributed by atoms with Crippen molar-refractivity contribution in [1.29, 1.82) is 0 Å². The van der Waals surface area contributed by atoms with Gasteiger partial charge in [0.2, 0.25) is 5.91 Å². The second-order valence-electron chi connectivity index (χ2n) is 4.94. The highest BCUT2D eigenvalue weighted by Gasteiger charge is 2.38. The summed E-state index contributed by atoms with van der Waals surface area (Å²) >= 11 is 0. The van der Waals surface area contributed by atoms with E-state index in [0.29, 0.717) is 12.6 Å². The van der Waals surface area contributed by atoms with Gasteiger partial charge in [-0.25, -0.2) is 0 Å². The van der Waals surface area contributed by atoms with Gasteiger partial charge in [0.15, 0.2) is 0 Å². The van der Waals surface area contributed by atoms with E-state index in [0.717, 1.165) is 12.3 Å². The maximum Gasteiger partial charge on any atom is 0.242 e. The van der Waals surface area contributed by atoms with Crippen molar-refractivity contribution in [2.45, 2.75) is 38.9 Å². The van der Waals surface area contributed by atoms with E-state index >= 15 is 0 Å². The third kappa shape index (κ3) is 2.11. The Labute approximate surface area is 95.6 Å². The number of hydrogen-bond donors (Lipinski definition) is 1. The Morgan fingerprint density at radius 2 is 2.38 bits per heavy atom. The van der Waals surface area contributed by atoms with Crippen molar-refractivity contribution in [3.05, 3.63) is 24.2 Å². The molecule has 0 spiro atoms. The van der Waals surface area contributed by atoms with Crippen molar-refractivity contribution in [1.82, 2.24) is 10.2 Å². The van der Waals surface area contributed by atoms with Gasteiger partial charge < -0.3 is 9.32 Å². The molecule has 1 N–H and O–H groups in total. The molecule has 1 atom stereocenters. The molecule has 1 fully saturated rings. The topological polar surface area (TPSA) is 45.5 Å². The van der Waals surface area contributed by atoms with Crippen LogP contribution < -0.4 is 5.32 Å². The second kappa shape index (κ2) is 3.94. The highest BCUT2D eigenvalue weighted by molar-refractivity contribution is 5.86. The zero-order valence-electron chi connectivity index (χ0n) is 9.99. The van der Waals surface area contributed by atoms with Gasteiger partial charge in [-0.15, -0.1) is 0 Å². The van der Waals surface area contributed by atoms with Crippen LogP contribution in [-0.2, 0) is 11.3 Å². The van der Waals surface area contributed by atoms with Gasteiger partial charge in [0.25, 0.3) is 0 Å². The third-order valence-electron chi connectivity index (χ3n) is 2.85. The average molecular weight is 222 g/mol. The van der Waals surface area contributed by atoms with Crippen molar-refractivity contribution in [2.75, 3.05) is 6.54 Å². The van der Waals surface area contributed by atoms with Crippen molar-refractivity contribution >= 4 is 5.91 Å². The molecule has 2 heterocycles. The Kier molecular flexibility index (Phi) is 2.76. The summed E-state index contributed by atoms with van der Waals surface area (Å²) < 4.78 is 5.27. The van der Waals surface area contributed by atoms with Crippen LogP contribution in [-0.4, -0.2) is 28.9 Å². The van der Waals surface area contributed by atoms with Crippen molar-refractivity contribution in [2.24, 2.45) is 0 Å².